The molecule has 1 aliphatic rings. The van der Waals surface area contributed by atoms with Crippen LogP contribution in [0.3, 0.4) is 0 Å². The molecule has 3 rings (SSSR count). The molecule has 0 radical (unpaired) electrons. The van der Waals surface area contributed by atoms with E-state index in [0.717, 1.165) is 37.0 Å². The summed E-state index contributed by atoms with van der Waals surface area (Å²) in [6.07, 6.45) is 0.173. The zero-order valence-corrected chi connectivity index (χ0v) is 12.7. The summed E-state index contributed by atoms with van der Waals surface area (Å²) >= 11 is 1.07. The van der Waals surface area contributed by atoms with Gasteiger partial charge in [-0.05, 0) is 31.7 Å². The third-order valence-corrected chi connectivity index (χ3v) is 4.85. The summed E-state index contributed by atoms with van der Waals surface area (Å²) in [4.78, 5) is 9.11. The average molecular weight is 330 g/mol. The fourth-order valence-electron chi connectivity index (χ4n) is 2.86. The minimum absolute atomic E-state index is 0.173. The van der Waals surface area contributed by atoms with Gasteiger partial charge in [-0.15, -0.1) is 11.3 Å². The van der Waals surface area contributed by atoms with Crippen LogP contribution in [0, 0.1) is 0 Å². The smallest absolute Gasteiger partial charge is 0.367 e. The van der Waals surface area contributed by atoms with E-state index in [9.17, 15) is 13.2 Å². The maximum atomic E-state index is 12.5. The number of hydrogen-bond donors (Lipinski definition) is 2. The molecule has 0 spiro atoms. The Labute approximate surface area is 129 Å². The number of thiophene rings is 1. The van der Waals surface area contributed by atoms with Crippen molar-refractivity contribution in [1.29, 1.82) is 0 Å². The number of fused-ring (bicyclic) bond motifs is 1. The Balaban J connectivity index is 1.83. The first-order chi connectivity index (χ1) is 10.4. The summed E-state index contributed by atoms with van der Waals surface area (Å²) in [6, 6.07) is 1.93. The van der Waals surface area contributed by atoms with Crippen LogP contribution in [0.2, 0.25) is 0 Å². The molecule has 2 aromatic heterocycles. The largest absolute Gasteiger partial charge is 0.393 e. The van der Waals surface area contributed by atoms with E-state index in [1.807, 2.05) is 0 Å². The predicted octanol–water partition coefficient (Wildman–Crippen LogP) is 3.48. The fourth-order valence-corrected chi connectivity index (χ4v) is 3.88. The summed E-state index contributed by atoms with van der Waals surface area (Å²) in [7, 11) is 0. The van der Waals surface area contributed by atoms with E-state index in [4.69, 9.17) is 5.73 Å². The number of nitrogens with zero attached hydrogens (tertiary/aromatic N) is 2. The molecule has 22 heavy (non-hydrogen) atoms. The van der Waals surface area contributed by atoms with E-state index >= 15 is 0 Å². The summed E-state index contributed by atoms with van der Waals surface area (Å²) in [5.41, 5.74) is 5.97. The lowest BCUT2D eigenvalue weighted by molar-refractivity contribution is -0.126. The first-order valence-electron chi connectivity index (χ1n) is 7.23. The number of nitrogens with one attached hydrogen (secondary N) is 1. The van der Waals surface area contributed by atoms with Gasteiger partial charge in [-0.1, -0.05) is 0 Å². The molecule has 0 unspecified atom stereocenters. The van der Waals surface area contributed by atoms with Crippen molar-refractivity contribution in [1.82, 2.24) is 9.97 Å². The molecule has 0 amide bonds. The van der Waals surface area contributed by atoms with Crippen molar-refractivity contribution in [2.75, 3.05) is 5.32 Å². The quantitative estimate of drug-likeness (QED) is 0.904. The number of alkyl halides is 3. The Kier molecular flexibility index (Phi) is 4.22. The highest BCUT2D eigenvalue weighted by Gasteiger charge is 2.29. The van der Waals surface area contributed by atoms with Gasteiger partial charge >= 0.3 is 6.18 Å². The summed E-state index contributed by atoms with van der Waals surface area (Å²) in [6.45, 7) is 0. The van der Waals surface area contributed by atoms with Crippen molar-refractivity contribution >= 4 is 27.4 Å². The SMILES string of the molecule is N[C@H]1CCC[C@@H](Nc2ncnc3sc(CC(F)(F)F)cc23)C1. The van der Waals surface area contributed by atoms with E-state index in [1.165, 1.54) is 6.33 Å². The van der Waals surface area contributed by atoms with Gasteiger partial charge in [0.2, 0.25) is 0 Å². The van der Waals surface area contributed by atoms with Gasteiger partial charge in [-0.3, -0.25) is 0 Å². The maximum Gasteiger partial charge on any atom is 0.393 e. The lowest BCUT2D eigenvalue weighted by Crippen LogP contribution is -2.35. The van der Waals surface area contributed by atoms with Crippen molar-refractivity contribution in [3.63, 3.8) is 0 Å². The van der Waals surface area contributed by atoms with E-state index in [2.05, 4.69) is 15.3 Å². The van der Waals surface area contributed by atoms with Gasteiger partial charge in [0.05, 0.1) is 11.8 Å². The molecular formula is C14H17F3N4S. The second-order valence-corrected chi connectivity index (χ2v) is 6.83. The molecule has 2 aromatic rings. The molecule has 1 aliphatic carbocycles. The maximum absolute atomic E-state index is 12.5. The van der Waals surface area contributed by atoms with Crippen molar-refractivity contribution in [3.05, 3.63) is 17.3 Å². The predicted molar refractivity (Wildman–Crippen MR) is 81.0 cm³/mol. The van der Waals surface area contributed by atoms with Gasteiger partial charge < -0.3 is 11.1 Å². The fraction of sp³-hybridized carbons (Fsp3) is 0.571. The van der Waals surface area contributed by atoms with Crippen LogP contribution < -0.4 is 11.1 Å². The molecule has 0 bridgehead atoms. The van der Waals surface area contributed by atoms with Gasteiger partial charge in [0.15, 0.2) is 0 Å². The van der Waals surface area contributed by atoms with Crippen LogP contribution in [0.1, 0.15) is 30.6 Å². The third kappa shape index (κ3) is 3.67. The van der Waals surface area contributed by atoms with Gasteiger partial charge in [0, 0.05) is 17.0 Å². The van der Waals surface area contributed by atoms with Crippen molar-refractivity contribution < 1.29 is 13.2 Å². The van der Waals surface area contributed by atoms with Gasteiger partial charge in [0.25, 0.3) is 0 Å². The zero-order valence-electron chi connectivity index (χ0n) is 11.9. The standard InChI is InChI=1S/C14H17F3N4S/c15-14(16,17)6-10-5-11-12(19-7-20-13(11)22-10)21-9-3-1-2-8(18)4-9/h5,7-9H,1-4,6,18H2,(H,19,20,21)/t8-,9+/m0/s1. The molecule has 2 atom stereocenters. The Bertz CT molecular complexity index is 655. The van der Waals surface area contributed by atoms with Gasteiger partial charge in [-0.2, -0.15) is 13.2 Å². The lowest BCUT2D eigenvalue weighted by atomic mass is 9.91. The van der Waals surface area contributed by atoms with Crippen molar-refractivity contribution in [3.8, 4) is 0 Å². The Morgan fingerprint density at radius 3 is 2.86 bits per heavy atom. The number of halogens is 3. The number of nitrogens with two attached hydrogens (primary N) is 1. The minimum Gasteiger partial charge on any atom is -0.367 e. The van der Waals surface area contributed by atoms with E-state index < -0.39 is 12.6 Å². The normalized spacial score (nSPS) is 22.9. The molecular weight excluding hydrogens is 313 g/mol. The number of anilines is 1. The van der Waals surface area contributed by atoms with Crippen LogP contribution in [-0.4, -0.2) is 28.2 Å². The van der Waals surface area contributed by atoms with Gasteiger partial charge in [-0.25, -0.2) is 9.97 Å². The molecule has 3 N–H and O–H groups in total. The topological polar surface area (TPSA) is 63.8 Å². The summed E-state index contributed by atoms with van der Waals surface area (Å²) in [5.74, 6) is 0.605. The summed E-state index contributed by atoms with van der Waals surface area (Å²) < 4.78 is 37.6. The molecule has 1 saturated carbocycles. The molecule has 8 heteroatoms. The average Bonchev–Trinajstić information content (AvgIpc) is 2.80. The molecule has 1 fully saturated rings. The molecule has 0 saturated heterocycles. The second-order valence-electron chi connectivity index (χ2n) is 5.71. The van der Waals surface area contributed by atoms with E-state index in [1.54, 1.807) is 6.07 Å². The Hall–Kier alpha value is -1.41. The molecule has 2 heterocycles. The number of hydrogen-bond acceptors (Lipinski definition) is 5. The van der Waals surface area contributed by atoms with Gasteiger partial charge in [0.1, 0.15) is 17.0 Å². The molecule has 0 aliphatic heterocycles. The van der Waals surface area contributed by atoms with Crippen molar-refractivity contribution in [2.45, 2.75) is 50.4 Å². The van der Waals surface area contributed by atoms with Crippen LogP contribution in [0.25, 0.3) is 10.2 Å². The highest BCUT2D eigenvalue weighted by Crippen LogP contribution is 2.33. The molecule has 120 valence electrons. The van der Waals surface area contributed by atoms with Crippen LogP contribution >= 0.6 is 11.3 Å². The Morgan fingerprint density at radius 1 is 1.32 bits per heavy atom. The summed E-state index contributed by atoms with van der Waals surface area (Å²) in [5, 5.41) is 3.98. The Morgan fingerprint density at radius 2 is 2.14 bits per heavy atom. The third-order valence-electron chi connectivity index (χ3n) is 3.81. The molecule has 0 aromatic carbocycles. The minimum atomic E-state index is -4.21. The highest BCUT2D eigenvalue weighted by atomic mass is 32.1. The first-order valence-corrected chi connectivity index (χ1v) is 8.04. The highest BCUT2D eigenvalue weighted by molar-refractivity contribution is 7.18. The number of aromatic nitrogens is 2. The second kappa shape index (κ2) is 6.00. The van der Waals surface area contributed by atoms with Crippen molar-refractivity contribution in [2.24, 2.45) is 5.73 Å². The number of rotatable bonds is 3. The van der Waals surface area contributed by atoms with Crippen LogP contribution in [0.4, 0.5) is 19.0 Å². The van der Waals surface area contributed by atoms with E-state index in [0.29, 0.717) is 16.0 Å². The first kappa shape index (κ1) is 15.5. The van der Waals surface area contributed by atoms with Crippen LogP contribution in [0.15, 0.2) is 12.4 Å². The monoisotopic (exact) mass is 330 g/mol. The van der Waals surface area contributed by atoms with Crippen LogP contribution in [-0.2, 0) is 6.42 Å². The lowest BCUT2D eigenvalue weighted by Gasteiger charge is -2.27. The molecule has 4 nitrogen and oxygen atoms in total. The van der Waals surface area contributed by atoms with E-state index in [-0.39, 0.29) is 17.0 Å². The van der Waals surface area contributed by atoms with Crippen LogP contribution in [0.5, 0.6) is 0 Å². The zero-order chi connectivity index (χ0) is 15.7.